The van der Waals surface area contributed by atoms with Crippen molar-refractivity contribution in [2.24, 2.45) is 5.73 Å². The maximum atomic E-state index is 5.49. The zero-order valence-electron chi connectivity index (χ0n) is 8.73. The van der Waals surface area contributed by atoms with Gasteiger partial charge in [-0.1, -0.05) is 34.1 Å². The molecule has 16 heavy (non-hydrogen) atoms. The molecule has 0 amide bonds. The van der Waals surface area contributed by atoms with Gasteiger partial charge in [0.05, 0.1) is 5.69 Å². The molecule has 0 fully saturated rings. The van der Waals surface area contributed by atoms with E-state index < -0.39 is 0 Å². The van der Waals surface area contributed by atoms with Crippen molar-refractivity contribution in [2.75, 3.05) is 6.54 Å². The van der Waals surface area contributed by atoms with Gasteiger partial charge in [0, 0.05) is 22.7 Å². The van der Waals surface area contributed by atoms with Crippen LogP contribution in [0.5, 0.6) is 0 Å². The first kappa shape index (κ1) is 11.2. The predicted octanol–water partition coefficient (Wildman–Crippen LogP) is 2.41. The van der Waals surface area contributed by atoms with Crippen LogP contribution in [0.2, 0.25) is 0 Å². The Kier molecular flexibility index (Phi) is 3.64. The minimum absolute atomic E-state index is 0.569. The number of hydrogen-bond donors (Lipinski definition) is 1. The summed E-state index contributed by atoms with van der Waals surface area (Å²) in [7, 11) is 0. The number of rotatable bonds is 3. The van der Waals surface area contributed by atoms with E-state index in [-0.39, 0.29) is 0 Å². The molecule has 1 aromatic carbocycles. The Hall–Kier alpha value is -1.26. The Morgan fingerprint density at radius 1 is 1.19 bits per heavy atom. The fraction of sp³-hybridized carbons (Fsp3) is 0.167. The fourth-order valence-electron chi connectivity index (χ4n) is 1.47. The second-order valence-electron chi connectivity index (χ2n) is 3.38. The first-order chi connectivity index (χ1) is 7.81. The van der Waals surface area contributed by atoms with E-state index in [9.17, 15) is 0 Å². The zero-order chi connectivity index (χ0) is 11.4. The number of nitrogens with zero attached hydrogens (tertiary/aromatic N) is 2. The van der Waals surface area contributed by atoms with Gasteiger partial charge in [0.2, 0.25) is 0 Å². The highest BCUT2D eigenvalue weighted by atomic mass is 79.9. The Labute approximate surface area is 103 Å². The molecule has 1 heterocycles. The molecule has 4 heteroatoms. The quantitative estimate of drug-likeness (QED) is 0.938. The van der Waals surface area contributed by atoms with Crippen molar-refractivity contribution in [1.29, 1.82) is 0 Å². The SMILES string of the molecule is NCCc1nccc(-c2ccccc2Br)n1. The van der Waals surface area contributed by atoms with E-state index >= 15 is 0 Å². The Morgan fingerprint density at radius 3 is 2.75 bits per heavy atom. The van der Waals surface area contributed by atoms with Crippen molar-refractivity contribution in [3.05, 3.63) is 46.8 Å². The highest BCUT2D eigenvalue weighted by Crippen LogP contribution is 2.25. The highest BCUT2D eigenvalue weighted by molar-refractivity contribution is 9.10. The molecule has 2 rings (SSSR count). The van der Waals surface area contributed by atoms with E-state index in [1.54, 1.807) is 6.20 Å². The fourth-order valence-corrected chi connectivity index (χ4v) is 1.96. The average Bonchev–Trinajstić information content (AvgIpc) is 2.30. The summed E-state index contributed by atoms with van der Waals surface area (Å²) in [5.74, 6) is 0.788. The number of benzene rings is 1. The molecule has 0 atom stereocenters. The number of aromatic nitrogens is 2. The van der Waals surface area contributed by atoms with E-state index in [0.29, 0.717) is 13.0 Å². The van der Waals surface area contributed by atoms with E-state index in [0.717, 1.165) is 21.6 Å². The van der Waals surface area contributed by atoms with Gasteiger partial charge in [-0.05, 0) is 18.7 Å². The molecular formula is C12H12BrN3. The van der Waals surface area contributed by atoms with Crippen LogP contribution in [0, 0.1) is 0 Å². The van der Waals surface area contributed by atoms with E-state index in [2.05, 4.69) is 25.9 Å². The molecule has 0 bridgehead atoms. The molecule has 0 aliphatic rings. The van der Waals surface area contributed by atoms with E-state index in [1.165, 1.54) is 0 Å². The molecule has 3 nitrogen and oxygen atoms in total. The summed E-state index contributed by atoms with van der Waals surface area (Å²) in [5, 5.41) is 0. The third-order valence-electron chi connectivity index (χ3n) is 2.22. The number of halogens is 1. The van der Waals surface area contributed by atoms with Crippen LogP contribution in [0.4, 0.5) is 0 Å². The molecule has 0 radical (unpaired) electrons. The normalized spacial score (nSPS) is 10.4. The Bertz CT molecular complexity index is 485. The topological polar surface area (TPSA) is 51.8 Å². The number of nitrogens with two attached hydrogens (primary N) is 1. The molecule has 82 valence electrons. The molecule has 2 aromatic rings. The summed E-state index contributed by atoms with van der Waals surface area (Å²) in [6.45, 7) is 0.569. The predicted molar refractivity (Wildman–Crippen MR) is 67.9 cm³/mol. The summed E-state index contributed by atoms with van der Waals surface area (Å²) in [6.07, 6.45) is 2.48. The highest BCUT2D eigenvalue weighted by Gasteiger charge is 2.04. The molecule has 0 unspecified atom stereocenters. The van der Waals surface area contributed by atoms with Gasteiger partial charge in [0.25, 0.3) is 0 Å². The lowest BCUT2D eigenvalue weighted by Gasteiger charge is -2.04. The standard InChI is InChI=1S/C12H12BrN3/c13-10-4-2-1-3-9(10)11-6-8-15-12(16-11)5-7-14/h1-4,6,8H,5,7,14H2. The summed E-state index contributed by atoms with van der Waals surface area (Å²) < 4.78 is 1.03. The molecule has 0 saturated carbocycles. The second-order valence-corrected chi connectivity index (χ2v) is 4.23. The van der Waals surface area contributed by atoms with Gasteiger partial charge in [-0.2, -0.15) is 0 Å². The number of hydrogen-bond acceptors (Lipinski definition) is 3. The van der Waals surface area contributed by atoms with Crippen LogP contribution in [0.25, 0.3) is 11.3 Å². The lowest BCUT2D eigenvalue weighted by Crippen LogP contribution is -2.06. The van der Waals surface area contributed by atoms with Gasteiger partial charge in [-0.3, -0.25) is 0 Å². The van der Waals surface area contributed by atoms with E-state index in [1.807, 2.05) is 30.3 Å². The van der Waals surface area contributed by atoms with Crippen LogP contribution < -0.4 is 5.73 Å². The molecule has 0 saturated heterocycles. The Morgan fingerprint density at radius 2 is 2.00 bits per heavy atom. The lowest BCUT2D eigenvalue weighted by atomic mass is 10.1. The van der Waals surface area contributed by atoms with Crippen LogP contribution in [-0.2, 0) is 6.42 Å². The monoisotopic (exact) mass is 277 g/mol. The van der Waals surface area contributed by atoms with E-state index in [4.69, 9.17) is 5.73 Å². The molecule has 2 N–H and O–H groups in total. The molecule has 0 spiro atoms. The second kappa shape index (κ2) is 5.18. The Balaban J connectivity index is 2.40. The largest absolute Gasteiger partial charge is 0.330 e. The van der Waals surface area contributed by atoms with Crippen LogP contribution in [0.1, 0.15) is 5.82 Å². The lowest BCUT2D eigenvalue weighted by molar-refractivity contribution is 0.869. The zero-order valence-corrected chi connectivity index (χ0v) is 10.3. The summed E-state index contributed by atoms with van der Waals surface area (Å²) >= 11 is 3.51. The van der Waals surface area contributed by atoms with Gasteiger partial charge in [0.1, 0.15) is 5.82 Å². The van der Waals surface area contributed by atoms with Crippen LogP contribution in [-0.4, -0.2) is 16.5 Å². The van der Waals surface area contributed by atoms with Gasteiger partial charge >= 0.3 is 0 Å². The minimum atomic E-state index is 0.569. The maximum absolute atomic E-state index is 5.49. The molecule has 1 aromatic heterocycles. The molecule has 0 aliphatic carbocycles. The van der Waals surface area contributed by atoms with Crippen molar-refractivity contribution < 1.29 is 0 Å². The van der Waals surface area contributed by atoms with Crippen LogP contribution in [0.15, 0.2) is 41.0 Å². The smallest absolute Gasteiger partial charge is 0.130 e. The summed E-state index contributed by atoms with van der Waals surface area (Å²) in [6, 6.07) is 9.90. The first-order valence-corrected chi connectivity index (χ1v) is 5.87. The molecule has 0 aliphatic heterocycles. The minimum Gasteiger partial charge on any atom is -0.330 e. The van der Waals surface area contributed by atoms with Crippen molar-refractivity contribution in [3.8, 4) is 11.3 Å². The summed E-state index contributed by atoms with van der Waals surface area (Å²) in [4.78, 5) is 8.65. The van der Waals surface area contributed by atoms with Crippen molar-refractivity contribution in [2.45, 2.75) is 6.42 Å². The van der Waals surface area contributed by atoms with Crippen molar-refractivity contribution in [3.63, 3.8) is 0 Å². The van der Waals surface area contributed by atoms with Gasteiger partial charge in [-0.15, -0.1) is 0 Å². The van der Waals surface area contributed by atoms with Crippen molar-refractivity contribution in [1.82, 2.24) is 9.97 Å². The van der Waals surface area contributed by atoms with Gasteiger partial charge in [0.15, 0.2) is 0 Å². The van der Waals surface area contributed by atoms with Gasteiger partial charge in [-0.25, -0.2) is 9.97 Å². The average molecular weight is 278 g/mol. The first-order valence-electron chi connectivity index (χ1n) is 5.08. The summed E-state index contributed by atoms with van der Waals surface area (Å²) in [5.41, 5.74) is 7.48. The third-order valence-corrected chi connectivity index (χ3v) is 2.91. The van der Waals surface area contributed by atoms with Crippen LogP contribution >= 0.6 is 15.9 Å². The van der Waals surface area contributed by atoms with Crippen LogP contribution in [0.3, 0.4) is 0 Å². The van der Waals surface area contributed by atoms with Gasteiger partial charge < -0.3 is 5.73 Å². The van der Waals surface area contributed by atoms with Crippen molar-refractivity contribution >= 4 is 15.9 Å². The third kappa shape index (κ3) is 2.46. The maximum Gasteiger partial charge on any atom is 0.130 e. The molecular weight excluding hydrogens is 266 g/mol.